The number of hydrogen-bond donors (Lipinski definition) is 0. The van der Waals surface area contributed by atoms with Crippen LogP contribution in [-0.2, 0) is 5.48 Å². The second kappa shape index (κ2) is 18.1. The van der Waals surface area contributed by atoms with Gasteiger partial charge >= 0.3 is 75.5 Å². The van der Waals surface area contributed by atoms with Crippen molar-refractivity contribution in [2.75, 3.05) is 0 Å². The summed E-state index contributed by atoms with van der Waals surface area (Å²) in [6.45, 7) is 0. The zero-order valence-corrected chi connectivity index (χ0v) is 6.62. The van der Waals surface area contributed by atoms with Gasteiger partial charge in [-0.05, 0) is 0 Å². The van der Waals surface area contributed by atoms with E-state index >= 15 is 0 Å². The van der Waals surface area contributed by atoms with Crippen molar-refractivity contribution in [2.45, 2.75) is 0 Å². The minimum Gasteiger partial charge on any atom is -2.00 e. The second-order valence-corrected chi connectivity index (χ2v) is 0. The van der Waals surface area contributed by atoms with Crippen LogP contribution in [0.1, 0.15) is 0 Å². The van der Waals surface area contributed by atoms with E-state index in [-0.39, 0.29) is 85.7 Å². The van der Waals surface area contributed by atoms with Crippen LogP contribution in [0.4, 0.5) is 0 Å². The van der Waals surface area contributed by atoms with Gasteiger partial charge in [-0.2, -0.15) is 0 Å². The number of rotatable bonds is 0. The molecular weight excluding hydrogens is 115 g/mol. The molecule has 0 spiro atoms. The fourth-order valence-electron chi connectivity index (χ4n) is 0. The molecule has 4 heteroatoms. The molecule has 0 aliphatic heterocycles. The van der Waals surface area contributed by atoms with E-state index in [0.717, 1.165) is 0 Å². The van der Waals surface area contributed by atoms with Crippen molar-refractivity contribution in [3.8, 4) is 0 Å². The van der Waals surface area contributed by atoms with Gasteiger partial charge in [0.15, 0.2) is 0 Å². The summed E-state index contributed by atoms with van der Waals surface area (Å²) in [6, 6.07) is 0. The average Bonchev–Trinajstić information content (AvgIpc) is 0. The van der Waals surface area contributed by atoms with Crippen molar-refractivity contribution in [1.29, 1.82) is 0 Å². The molecule has 0 aromatic heterocycles. The first kappa shape index (κ1) is 32.3. The zero-order valence-electron chi connectivity index (χ0n) is 2.20. The number of halogens is 1. The molecule has 0 aliphatic rings. The molecule has 4 heavy (non-hydrogen) atoms. The molecule has 0 saturated heterocycles. The maximum Gasteiger partial charge on any atom is 2.00 e. The third-order valence-corrected chi connectivity index (χ3v) is 0. The van der Waals surface area contributed by atoms with Gasteiger partial charge < -0.3 is 10.2 Å². The minimum absolute atomic E-state index is 0. The van der Waals surface area contributed by atoms with Crippen molar-refractivity contribution in [2.24, 2.45) is 0 Å². The first-order chi connectivity index (χ1) is 0. The van der Waals surface area contributed by atoms with Crippen molar-refractivity contribution in [3.05, 3.63) is 0 Å². The van der Waals surface area contributed by atoms with Crippen LogP contribution in [0.25, 0.3) is 0 Å². The Hall–Kier alpha value is 2.41. The summed E-state index contributed by atoms with van der Waals surface area (Å²) < 4.78 is 0. The van der Waals surface area contributed by atoms with Crippen LogP contribution >= 0.6 is 0 Å². The average molecular weight is 115 g/mol. The van der Waals surface area contributed by atoms with Gasteiger partial charge in [-0.15, -0.1) is 0 Å². The fourth-order valence-corrected chi connectivity index (χ4v) is 0. The summed E-state index contributed by atoms with van der Waals surface area (Å²) >= 11 is 0. The van der Waals surface area contributed by atoms with E-state index in [1.54, 1.807) is 0 Å². The Kier molecular flexibility index (Phi) is 146. The summed E-state index contributed by atoms with van der Waals surface area (Å²) in [7, 11) is 0. The molecule has 0 heterocycles. The van der Waals surface area contributed by atoms with E-state index in [0.29, 0.717) is 0 Å². The van der Waals surface area contributed by atoms with Crippen LogP contribution in [0, 0.1) is 0 Å². The topological polar surface area (TPSA) is 28.5 Å². The normalized spacial score (nSPS) is 0. The Balaban J connectivity index is 0. The van der Waals surface area contributed by atoms with E-state index in [1.807, 2.05) is 0 Å². The number of hydrogen-bond acceptors (Lipinski definition) is 0. The molecule has 0 rings (SSSR count). The molecule has 0 aromatic carbocycles. The monoisotopic (exact) mass is 115 g/mol. The van der Waals surface area contributed by atoms with Gasteiger partial charge in [0.25, 0.3) is 0 Å². The van der Waals surface area contributed by atoms with Crippen molar-refractivity contribution in [3.63, 3.8) is 0 Å². The molecule has 0 aliphatic carbocycles. The predicted octanol–water partition coefficient (Wildman–Crippen LogP) is -3.88. The molecule has 0 atom stereocenters. The van der Waals surface area contributed by atoms with E-state index in [1.165, 1.54) is 0 Å². The molecule has 0 unspecified atom stereocenters. The first-order valence-corrected chi connectivity index (χ1v) is 0. The molecule has 1 nitrogen and oxygen atoms in total. The van der Waals surface area contributed by atoms with Crippen molar-refractivity contribution < 1.29 is 10.2 Å². The molecule has 0 bridgehead atoms. The molecule has 0 radical (unpaired) electrons. The Labute approximate surface area is 83.8 Å². The zero-order chi connectivity index (χ0) is 0. The van der Waals surface area contributed by atoms with Gasteiger partial charge in [0, 0.05) is 0 Å². The Morgan fingerprint density at radius 2 is 0.750 bits per heavy atom. The predicted molar refractivity (Wildman–Crippen MR) is 12.2 cm³/mol. The molecule has 0 aromatic rings. The SMILES string of the molecule is [Ca+2].[Ca+2].[F-].[O-2]. The quantitative estimate of drug-likeness (QED) is 0.289. The largest absolute Gasteiger partial charge is 2.00 e. The van der Waals surface area contributed by atoms with Crippen LogP contribution in [-0.4, -0.2) is 75.5 Å². The van der Waals surface area contributed by atoms with Gasteiger partial charge in [-0.3, -0.25) is 0 Å². The molecule has 0 amide bonds. The Morgan fingerprint density at radius 1 is 0.750 bits per heavy atom. The summed E-state index contributed by atoms with van der Waals surface area (Å²) in [5, 5.41) is 0. The summed E-state index contributed by atoms with van der Waals surface area (Å²) in [5.74, 6) is 0. The van der Waals surface area contributed by atoms with Gasteiger partial charge in [0.2, 0.25) is 0 Å². The van der Waals surface area contributed by atoms with Crippen LogP contribution in [0.15, 0.2) is 0 Å². The molecule has 16 valence electrons. The molecule has 0 fully saturated rings. The standard InChI is InChI=1S/2Ca.FH.O/h;;1H;/q2*+2;;-2/p-1. The van der Waals surface area contributed by atoms with Crippen LogP contribution < -0.4 is 4.70 Å². The van der Waals surface area contributed by atoms with Crippen LogP contribution in [0.3, 0.4) is 0 Å². The summed E-state index contributed by atoms with van der Waals surface area (Å²) in [5.41, 5.74) is 0. The van der Waals surface area contributed by atoms with Gasteiger partial charge in [0.05, 0.1) is 0 Å². The van der Waals surface area contributed by atoms with E-state index < -0.39 is 0 Å². The molecule has 0 saturated carbocycles. The van der Waals surface area contributed by atoms with E-state index in [9.17, 15) is 0 Å². The fraction of sp³-hybridized carbons (Fsp3) is 0. The van der Waals surface area contributed by atoms with Gasteiger partial charge in [-0.1, -0.05) is 0 Å². The van der Waals surface area contributed by atoms with Gasteiger partial charge in [-0.25, -0.2) is 0 Å². The maximum atomic E-state index is 0. The third-order valence-electron chi connectivity index (χ3n) is 0. The minimum atomic E-state index is 0. The molecule has 0 N–H and O–H groups in total. The van der Waals surface area contributed by atoms with Crippen LogP contribution in [0.2, 0.25) is 0 Å². The van der Waals surface area contributed by atoms with E-state index in [2.05, 4.69) is 0 Å². The van der Waals surface area contributed by atoms with Gasteiger partial charge in [0.1, 0.15) is 0 Å². The summed E-state index contributed by atoms with van der Waals surface area (Å²) in [6.07, 6.45) is 0. The second-order valence-electron chi connectivity index (χ2n) is 0. The smallest absolute Gasteiger partial charge is 2.00 e. The Morgan fingerprint density at radius 3 is 0.750 bits per heavy atom. The van der Waals surface area contributed by atoms with Crippen molar-refractivity contribution >= 4 is 75.5 Å². The molecular formula is Ca2FO+. The Bertz CT molecular complexity index is 6.00. The summed E-state index contributed by atoms with van der Waals surface area (Å²) in [4.78, 5) is 0. The van der Waals surface area contributed by atoms with E-state index in [4.69, 9.17) is 0 Å². The third kappa shape index (κ3) is 8.83. The first-order valence-electron chi connectivity index (χ1n) is 0. The van der Waals surface area contributed by atoms with Crippen molar-refractivity contribution in [1.82, 2.24) is 0 Å². The maximum absolute atomic E-state index is 0. The van der Waals surface area contributed by atoms with Crippen LogP contribution in [0.5, 0.6) is 0 Å².